The Morgan fingerprint density at radius 1 is 1.43 bits per heavy atom. The van der Waals surface area contributed by atoms with Crippen molar-refractivity contribution >= 4 is 36.5 Å². The lowest BCUT2D eigenvalue weighted by Gasteiger charge is -2.27. The summed E-state index contributed by atoms with van der Waals surface area (Å²) < 4.78 is 7.33. The largest absolute Gasteiger partial charge is 0.463 e. The van der Waals surface area contributed by atoms with Gasteiger partial charge in [-0.05, 0) is 25.7 Å². The van der Waals surface area contributed by atoms with Crippen LogP contribution in [0.1, 0.15) is 44.3 Å². The Kier molecular flexibility index (Phi) is 3.89. The van der Waals surface area contributed by atoms with Gasteiger partial charge in [-0.3, -0.25) is 9.20 Å². The summed E-state index contributed by atoms with van der Waals surface area (Å²) in [7, 11) is 1.96. The molecule has 2 aromatic rings. The average Bonchev–Trinajstić information content (AvgIpc) is 2.78. The highest BCUT2D eigenvalue weighted by Gasteiger charge is 2.27. The van der Waals surface area contributed by atoms with Crippen molar-refractivity contribution in [2.24, 2.45) is 0 Å². The molecule has 1 aliphatic carbocycles. The third-order valence-corrected chi connectivity index (χ3v) is 4.36. The summed E-state index contributed by atoms with van der Waals surface area (Å²) in [6.45, 7) is 1.46. The summed E-state index contributed by atoms with van der Waals surface area (Å²) in [6, 6.07) is 0. The fourth-order valence-electron chi connectivity index (χ4n) is 3.16. The Hall–Kier alpha value is -1.56. The van der Waals surface area contributed by atoms with E-state index in [1.54, 1.807) is 6.20 Å². The second kappa shape index (κ2) is 5.68. The zero-order valence-electron chi connectivity index (χ0n) is 12.2. The maximum Gasteiger partial charge on any atom is 0.302 e. The zero-order valence-corrected chi connectivity index (χ0v) is 12.9. The molecule has 2 aromatic heterocycles. The van der Waals surface area contributed by atoms with Gasteiger partial charge in [0.05, 0.1) is 5.52 Å². The van der Waals surface area contributed by atoms with Crippen molar-refractivity contribution in [1.29, 1.82) is 0 Å². The number of esters is 1. The van der Waals surface area contributed by atoms with Crippen molar-refractivity contribution in [3.63, 3.8) is 0 Å². The van der Waals surface area contributed by atoms with Crippen LogP contribution in [0.15, 0.2) is 12.4 Å². The van der Waals surface area contributed by atoms with Gasteiger partial charge in [-0.25, -0.2) is 9.97 Å². The smallest absolute Gasteiger partial charge is 0.302 e. The van der Waals surface area contributed by atoms with Crippen molar-refractivity contribution in [2.45, 2.75) is 44.6 Å². The van der Waals surface area contributed by atoms with Crippen molar-refractivity contribution in [3.05, 3.63) is 23.4 Å². The Labute approximate surface area is 129 Å². The number of hydrogen-bond donors (Lipinski definition) is 0. The van der Waals surface area contributed by atoms with Gasteiger partial charge in [-0.1, -0.05) is 11.6 Å². The minimum Gasteiger partial charge on any atom is -0.463 e. The van der Waals surface area contributed by atoms with Crippen LogP contribution >= 0.6 is 11.6 Å². The molecule has 0 N–H and O–H groups in total. The molecular weight excluding hydrogens is 288 g/mol. The highest BCUT2D eigenvalue weighted by Crippen LogP contribution is 2.33. The normalized spacial score (nSPS) is 22.4. The van der Waals surface area contributed by atoms with Gasteiger partial charge in [-0.15, -0.1) is 0 Å². The number of carbonyl (C=O) groups excluding carboxylic acids is 1. The Morgan fingerprint density at radius 3 is 2.81 bits per heavy atom. The van der Waals surface area contributed by atoms with Crippen LogP contribution in [-0.2, 0) is 9.53 Å². The predicted molar refractivity (Wildman–Crippen MR) is 82.9 cm³/mol. The van der Waals surface area contributed by atoms with Gasteiger partial charge in [0.15, 0.2) is 13.0 Å². The molecule has 0 bridgehead atoms. The number of ether oxygens (including phenoxy) is 1. The Morgan fingerprint density at radius 2 is 2.14 bits per heavy atom. The van der Waals surface area contributed by atoms with Crippen LogP contribution in [-0.4, -0.2) is 34.3 Å². The van der Waals surface area contributed by atoms with E-state index in [0.29, 0.717) is 11.1 Å². The van der Waals surface area contributed by atoms with Crippen molar-refractivity contribution in [2.75, 3.05) is 0 Å². The maximum atomic E-state index is 11.0. The van der Waals surface area contributed by atoms with E-state index in [1.165, 1.54) is 6.92 Å². The van der Waals surface area contributed by atoms with Gasteiger partial charge in [0.2, 0.25) is 0 Å². The summed E-state index contributed by atoms with van der Waals surface area (Å²) in [6.07, 6.45) is 7.37. The van der Waals surface area contributed by atoms with Crippen LogP contribution in [0.5, 0.6) is 0 Å². The van der Waals surface area contributed by atoms with E-state index in [4.69, 9.17) is 21.3 Å². The molecule has 21 heavy (non-hydrogen) atoms. The SMILES string of the molecule is Bc1nc(C2CCC(OC(C)=O)CC2)n2ccnc(Cl)c12. The van der Waals surface area contributed by atoms with E-state index in [0.717, 1.165) is 42.6 Å². The highest BCUT2D eigenvalue weighted by atomic mass is 35.5. The van der Waals surface area contributed by atoms with E-state index in [1.807, 2.05) is 18.4 Å². The number of imidazole rings is 1. The number of carbonyl (C=O) groups is 1. The molecule has 0 aliphatic heterocycles. The van der Waals surface area contributed by atoms with Gasteiger partial charge < -0.3 is 4.74 Å². The van der Waals surface area contributed by atoms with Crippen molar-refractivity contribution in [1.82, 2.24) is 14.4 Å². The molecule has 2 heterocycles. The van der Waals surface area contributed by atoms with Crippen LogP contribution in [0.3, 0.4) is 0 Å². The topological polar surface area (TPSA) is 56.5 Å². The molecule has 3 rings (SSSR count). The Bertz CT molecular complexity index is 680. The number of halogens is 1. The maximum absolute atomic E-state index is 11.0. The average molecular weight is 306 g/mol. The fourth-order valence-corrected chi connectivity index (χ4v) is 3.44. The van der Waals surface area contributed by atoms with E-state index in [-0.39, 0.29) is 12.1 Å². The number of hydrogen-bond acceptors (Lipinski definition) is 4. The van der Waals surface area contributed by atoms with Crippen molar-refractivity contribution < 1.29 is 9.53 Å². The summed E-state index contributed by atoms with van der Waals surface area (Å²) >= 11 is 6.17. The van der Waals surface area contributed by atoms with Crippen molar-refractivity contribution in [3.8, 4) is 0 Å². The number of fused-ring (bicyclic) bond motifs is 1. The number of aromatic nitrogens is 3. The molecule has 0 atom stereocenters. The van der Waals surface area contributed by atoms with Crippen LogP contribution in [0.25, 0.3) is 5.52 Å². The third kappa shape index (κ3) is 2.77. The molecule has 1 aliphatic rings. The second-order valence-corrected chi connectivity index (χ2v) is 5.93. The second-order valence-electron chi connectivity index (χ2n) is 5.58. The molecule has 0 radical (unpaired) electrons. The lowest BCUT2D eigenvalue weighted by molar-refractivity contribution is -0.147. The minimum atomic E-state index is -0.196. The Balaban J connectivity index is 1.83. The van der Waals surface area contributed by atoms with Gasteiger partial charge in [0.1, 0.15) is 11.9 Å². The van der Waals surface area contributed by atoms with E-state index in [9.17, 15) is 4.79 Å². The summed E-state index contributed by atoms with van der Waals surface area (Å²) in [5, 5.41) is 0.488. The van der Waals surface area contributed by atoms with Crippen LogP contribution in [0.4, 0.5) is 0 Å². The molecule has 0 aromatic carbocycles. The lowest BCUT2D eigenvalue weighted by atomic mass is 9.87. The molecule has 110 valence electrons. The van der Waals surface area contributed by atoms with E-state index in [2.05, 4.69) is 4.98 Å². The molecule has 1 fully saturated rings. The summed E-state index contributed by atoms with van der Waals surface area (Å²) in [5.74, 6) is 1.21. The van der Waals surface area contributed by atoms with Gasteiger partial charge >= 0.3 is 5.97 Å². The number of nitrogens with zero attached hydrogens (tertiary/aromatic N) is 3. The van der Waals surface area contributed by atoms with E-state index < -0.39 is 0 Å². The first-order valence-electron chi connectivity index (χ1n) is 7.22. The molecule has 0 amide bonds. The molecule has 0 saturated heterocycles. The third-order valence-electron chi connectivity index (χ3n) is 4.08. The quantitative estimate of drug-likeness (QED) is 0.618. The first-order valence-corrected chi connectivity index (χ1v) is 7.60. The lowest BCUT2D eigenvalue weighted by Crippen LogP contribution is -2.23. The van der Waals surface area contributed by atoms with Crippen LogP contribution in [0, 0.1) is 0 Å². The standard InChI is InChI=1S/C14H17BClN3O2/c1-8(20)21-10-4-2-9(3-5-10)14-18-12(15)11-13(16)17-6-7-19(11)14/h6-7,9-10H,2-5,15H2,1H3. The first kappa shape index (κ1) is 14.4. The van der Waals surface area contributed by atoms with Gasteiger partial charge in [0, 0.05) is 30.8 Å². The molecule has 0 spiro atoms. The van der Waals surface area contributed by atoms with Crippen LogP contribution in [0.2, 0.25) is 5.15 Å². The first-order chi connectivity index (χ1) is 10.1. The minimum absolute atomic E-state index is 0.0522. The molecular formula is C14H17BClN3O2. The monoisotopic (exact) mass is 305 g/mol. The van der Waals surface area contributed by atoms with Gasteiger partial charge in [-0.2, -0.15) is 0 Å². The zero-order chi connectivity index (χ0) is 15.0. The predicted octanol–water partition coefficient (Wildman–Crippen LogP) is 1.23. The highest BCUT2D eigenvalue weighted by molar-refractivity contribution is 6.40. The van der Waals surface area contributed by atoms with E-state index >= 15 is 0 Å². The fraction of sp³-hybridized carbons (Fsp3) is 0.500. The number of rotatable bonds is 2. The van der Waals surface area contributed by atoms with Gasteiger partial charge in [0.25, 0.3) is 0 Å². The molecule has 7 heteroatoms. The molecule has 5 nitrogen and oxygen atoms in total. The molecule has 0 unspecified atom stereocenters. The summed E-state index contributed by atoms with van der Waals surface area (Å²) in [4.78, 5) is 19.8. The summed E-state index contributed by atoms with van der Waals surface area (Å²) in [5.41, 5.74) is 1.79. The molecule has 1 saturated carbocycles. The van der Waals surface area contributed by atoms with Crippen LogP contribution < -0.4 is 5.59 Å².